The molecular weight excluding hydrogens is 290 g/mol. The van der Waals surface area contributed by atoms with Crippen LogP contribution in [0.3, 0.4) is 0 Å². The van der Waals surface area contributed by atoms with Gasteiger partial charge in [-0.3, -0.25) is 4.79 Å². The highest BCUT2D eigenvalue weighted by molar-refractivity contribution is 7.15. The van der Waals surface area contributed by atoms with Gasteiger partial charge in [-0.25, -0.2) is 0 Å². The normalized spacial score (nSPS) is 16.6. The Kier molecular flexibility index (Phi) is 6.04. The van der Waals surface area contributed by atoms with Crippen molar-refractivity contribution < 1.29 is 9.53 Å². The summed E-state index contributed by atoms with van der Waals surface area (Å²) in [4.78, 5) is 14.4. The van der Waals surface area contributed by atoms with E-state index in [0.717, 1.165) is 37.5 Å². The molecule has 0 atom stereocenters. The number of ether oxygens (including phenoxy) is 1. The van der Waals surface area contributed by atoms with Crippen LogP contribution in [0.15, 0.2) is 0 Å². The molecule has 114 valence electrons. The zero-order valence-corrected chi connectivity index (χ0v) is 12.9. The zero-order valence-electron chi connectivity index (χ0n) is 12.0. The van der Waals surface area contributed by atoms with E-state index in [9.17, 15) is 4.79 Å². The third-order valence-corrected chi connectivity index (χ3v) is 4.28. The first-order valence-electron chi connectivity index (χ1n) is 6.94. The summed E-state index contributed by atoms with van der Waals surface area (Å²) < 4.78 is 4.97. The molecule has 1 aliphatic rings. The van der Waals surface area contributed by atoms with Crippen LogP contribution in [0.5, 0.6) is 0 Å². The third kappa shape index (κ3) is 4.74. The van der Waals surface area contributed by atoms with Crippen LogP contribution in [0, 0.1) is 17.2 Å². The molecule has 1 amide bonds. The topological polar surface area (TPSA) is 91.1 Å². The van der Waals surface area contributed by atoms with Crippen LogP contribution in [-0.4, -0.2) is 47.7 Å². The minimum absolute atomic E-state index is 0.00931. The van der Waals surface area contributed by atoms with E-state index in [1.165, 1.54) is 11.3 Å². The first-order valence-corrected chi connectivity index (χ1v) is 7.76. The Hall–Kier alpha value is -1.56. The molecule has 0 radical (unpaired) electrons. The summed E-state index contributed by atoms with van der Waals surface area (Å²) in [7, 11) is 1.60. The summed E-state index contributed by atoms with van der Waals surface area (Å²) in [6.45, 7) is 2.93. The van der Waals surface area contributed by atoms with Gasteiger partial charge in [0.15, 0.2) is 0 Å². The van der Waals surface area contributed by atoms with Crippen molar-refractivity contribution in [3.63, 3.8) is 0 Å². The lowest BCUT2D eigenvalue weighted by Gasteiger charge is -2.30. The number of amides is 1. The maximum absolute atomic E-state index is 12.2. The van der Waals surface area contributed by atoms with Crippen molar-refractivity contribution >= 4 is 22.4 Å². The van der Waals surface area contributed by atoms with Gasteiger partial charge in [-0.2, -0.15) is 5.26 Å². The summed E-state index contributed by atoms with van der Waals surface area (Å²) in [5.74, 6) is 0.0214. The SMILES string of the molecule is COCc1nnc(NC(=O)C2CCN(CCC#N)CC2)s1. The van der Waals surface area contributed by atoms with Gasteiger partial charge in [-0.1, -0.05) is 11.3 Å². The fourth-order valence-electron chi connectivity index (χ4n) is 2.32. The molecule has 1 N–H and O–H groups in total. The van der Waals surface area contributed by atoms with E-state index in [0.29, 0.717) is 18.2 Å². The van der Waals surface area contributed by atoms with Crippen molar-refractivity contribution in [1.29, 1.82) is 5.26 Å². The van der Waals surface area contributed by atoms with Gasteiger partial charge in [0, 0.05) is 26.0 Å². The number of nitrogens with one attached hydrogen (secondary N) is 1. The molecule has 0 bridgehead atoms. The summed E-state index contributed by atoms with van der Waals surface area (Å²) in [6.07, 6.45) is 2.19. The maximum Gasteiger partial charge on any atom is 0.229 e. The Morgan fingerprint density at radius 2 is 2.29 bits per heavy atom. The van der Waals surface area contributed by atoms with E-state index >= 15 is 0 Å². The highest BCUT2D eigenvalue weighted by atomic mass is 32.1. The van der Waals surface area contributed by atoms with Crippen LogP contribution >= 0.6 is 11.3 Å². The largest absolute Gasteiger partial charge is 0.377 e. The van der Waals surface area contributed by atoms with Crippen LogP contribution in [0.4, 0.5) is 5.13 Å². The molecule has 1 aromatic heterocycles. The van der Waals surface area contributed by atoms with Gasteiger partial charge in [0.25, 0.3) is 0 Å². The minimum Gasteiger partial charge on any atom is -0.377 e. The second kappa shape index (κ2) is 8.02. The quantitative estimate of drug-likeness (QED) is 0.850. The Balaban J connectivity index is 1.77. The third-order valence-electron chi connectivity index (χ3n) is 3.46. The number of likely N-dealkylation sites (tertiary alicyclic amines) is 1. The molecule has 8 heteroatoms. The summed E-state index contributed by atoms with van der Waals surface area (Å²) in [5.41, 5.74) is 0. The molecule has 0 unspecified atom stereocenters. The molecule has 0 aromatic carbocycles. The molecule has 1 fully saturated rings. The van der Waals surface area contributed by atoms with E-state index in [-0.39, 0.29) is 11.8 Å². The molecule has 0 saturated carbocycles. The number of piperidine rings is 1. The lowest BCUT2D eigenvalue weighted by Crippen LogP contribution is -2.38. The fourth-order valence-corrected chi connectivity index (χ4v) is 3.04. The molecule has 7 nitrogen and oxygen atoms in total. The maximum atomic E-state index is 12.2. The Morgan fingerprint density at radius 1 is 1.52 bits per heavy atom. The lowest BCUT2D eigenvalue weighted by molar-refractivity contribution is -0.121. The van der Waals surface area contributed by atoms with Gasteiger partial charge in [-0.05, 0) is 25.9 Å². The first kappa shape index (κ1) is 15.8. The van der Waals surface area contributed by atoms with Crippen molar-refractivity contribution in [1.82, 2.24) is 15.1 Å². The Labute approximate surface area is 127 Å². The number of hydrogen-bond donors (Lipinski definition) is 1. The summed E-state index contributed by atoms with van der Waals surface area (Å²) >= 11 is 1.34. The number of carbonyl (C=O) groups is 1. The monoisotopic (exact) mass is 309 g/mol. The molecule has 0 aliphatic carbocycles. The van der Waals surface area contributed by atoms with Crippen LogP contribution < -0.4 is 5.32 Å². The molecular formula is C13H19N5O2S. The molecule has 1 saturated heterocycles. The van der Waals surface area contributed by atoms with Crippen molar-refractivity contribution in [3.8, 4) is 6.07 Å². The number of rotatable bonds is 6. The van der Waals surface area contributed by atoms with Gasteiger partial charge in [0.05, 0.1) is 6.07 Å². The average molecular weight is 309 g/mol. The fraction of sp³-hybridized carbons (Fsp3) is 0.692. The van der Waals surface area contributed by atoms with Crippen LogP contribution in [0.25, 0.3) is 0 Å². The summed E-state index contributed by atoms with van der Waals surface area (Å²) in [5, 5.41) is 20.6. The van der Waals surface area contributed by atoms with Crippen molar-refractivity contribution in [2.24, 2.45) is 5.92 Å². The van der Waals surface area contributed by atoms with Crippen LogP contribution in [0.2, 0.25) is 0 Å². The summed E-state index contributed by atoms with van der Waals surface area (Å²) in [6, 6.07) is 2.15. The minimum atomic E-state index is 0.00931. The highest BCUT2D eigenvalue weighted by Crippen LogP contribution is 2.21. The van der Waals surface area contributed by atoms with Gasteiger partial charge in [0.2, 0.25) is 11.0 Å². The highest BCUT2D eigenvalue weighted by Gasteiger charge is 2.25. The predicted octanol–water partition coefficient (Wildman–Crippen LogP) is 1.25. The zero-order chi connectivity index (χ0) is 15.1. The molecule has 2 rings (SSSR count). The molecule has 0 spiro atoms. The van der Waals surface area contributed by atoms with E-state index < -0.39 is 0 Å². The Bertz CT molecular complexity index is 505. The van der Waals surface area contributed by atoms with Gasteiger partial charge in [0.1, 0.15) is 11.6 Å². The standard InChI is InChI=1S/C13H19N5O2S/c1-20-9-11-16-17-13(21-11)15-12(19)10-3-7-18(8-4-10)6-2-5-14/h10H,2-4,6-9H2,1H3,(H,15,17,19). The number of nitrogens with zero attached hydrogens (tertiary/aromatic N) is 4. The second-order valence-electron chi connectivity index (χ2n) is 4.95. The van der Waals surface area contributed by atoms with E-state index in [4.69, 9.17) is 10.00 Å². The van der Waals surface area contributed by atoms with E-state index in [1.54, 1.807) is 7.11 Å². The van der Waals surface area contributed by atoms with Gasteiger partial charge in [-0.15, -0.1) is 10.2 Å². The van der Waals surface area contributed by atoms with E-state index in [2.05, 4.69) is 26.5 Å². The first-order chi connectivity index (χ1) is 10.2. The molecule has 21 heavy (non-hydrogen) atoms. The van der Waals surface area contributed by atoms with Crippen LogP contribution in [-0.2, 0) is 16.1 Å². The predicted molar refractivity (Wildman–Crippen MR) is 78.6 cm³/mol. The lowest BCUT2D eigenvalue weighted by atomic mass is 9.96. The van der Waals surface area contributed by atoms with Crippen LogP contribution in [0.1, 0.15) is 24.3 Å². The average Bonchev–Trinajstić information content (AvgIpc) is 2.93. The van der Waals surface area contributed by atoms with Gasteiger partial charge < -0.3 is 15.0 Å². The Morgan fingerprint density at radius 3 is 2.95 bits per heavy atom. The molecule has 1 aliphatic heterocycles. The van der Waals surface area contributed by atoms with Crippen molar-refractivity contribution in [2.75, 3.05) is 32.1 Å². The molecule has 2 heterocycles. The van der Waals surface area contributed by atoms with Gasteiger partial charge >= 0.3 is 0 Å². The van der Waals surface area contributed by atoms with Crippen molar-refractivity contribution in [3.05, 3.63) is 5.01 Å². The molecule has 1 aromatic rings. The second-order valence-corrected chi connectivity index (χ2v) is 6.01. The number of methoxy groups -OCH3 is 1. The number of hydrogen-bond acceptors (Lipinski definition) is 7. The number of anilines is 1. The number of carbonyl (C=O) groups excluding carboxylic acids is 1. The van der Waals surface area contributed by atoms with Crippen molar-refractivity contribution in [2.45, 2.75) is 25.9 Å². The smallest absolute Gasteiger partial charge is 0.229 e. The number of aromatic nitrogens is 2. The van der Waals surface area contributed by atoms with E-state index in [1.807, 2.05) is 0 Å². The number of nitriles is 1.